The van der Waals surface area contributed by atoms with Crippen LogP contribution < -0.4 is 40.0 Å². The van der Waals surface area contributed by atoms with Gasteiger partial charge in [-0.15, -0.1) is 0 Å². The largest absolute Gasteiger partial charge is 1.00 e. The number of carbonyl (C=O) groups excluding carboxylic acids is 2. The molecular formula is C17H19N2NaO3S. The number of rotatable bonds is 5. The molecule has 0 spiro atoms. The van der Waals surface area contributed by atoms with Crippen molar-refractivity contribution in [3.63, 3.8) is 0 Å². The number of benzene rings is 1. The van der Waals surface area contributed by atoms with Crippen molar-refractivity contribution in [1.82, 2.24) is 9.69 Å². The van der Waals surface area contributed by atoms with Gasteiger partial charge in [0.2, 0.25) is 5.91 Å². The van der Waals surface area contributed by atoms with Crippen LogP contribution in [-0.2, 0) is 16.0 Å². The van der Waals surface area contributed by atoms with E-state index in [4.69, 9.17) is 0 Å². The number of carbonyl (C=O) groups is 2. The summed E-state index contributed by atoms with van der Waals surface area (Å²) in [6.07, 6.45) is 0.641. The molecule has 0 bridgehead atoms. The summed E-state index contributed by atoms with van der Waals surface area (Å²) in [5, 5.41) is 15.1. The van der Waals surface area contributed by atoms with Crippen molar-refractivity contribution in [3.8, 4) is 0 Å². The average Bonchev–Trinajstić information content (AvgIpc) is 2.94. The van der Waals surface area contributed by atoms with Gasteiger partial charge in [0.05, 0.1) is 10.4 Å². The van der Waals surface area contributed by atoms with Crippen molar-refractivity contribution in [3.05, 3.63) is 30.0 Å². The Labute approximate surface area is 167 Å². The molecule has 1 fully saturated rings. The molecule has 122 valence electrons. The molecule has 1 saturated carbocycles. The first-order valence-electron chi connectivity index (χ1n) is 7.82. The van der Waals surface area contributed by atoms with Crippen molar-refractivity contribution in [2.45, 2.75) is 20.3 Å². The molecule has 5 nitrogen and oxygen atoms in total. The molecular weight excluding hydrogens is 335 g/mol. The number of fused-ring (bicyclic) bond motifs is 1. The van der Waals surface area contributed by atoms with Gasteiger partial charge in [0.25, 0.3) is 0 Å². The number of carboxylic acid groups (broad SMARTS) is 1. The zero-order valence-corrected chi connectivity index (χ0v) is 16.9. The first kappa shape index (κ1) is 19.4. The quantitative estimate of drug-likeness (QED) is 0.644. The third kappa shape index (κ3) is 3.52. The zero-order chi connectivity index (χ0) is 16.6. The van der Waals surface area contributed by atoms with Crippen LogP contribution >= 0.6 is 11.5 Å². The molecule has 1 N–H and O–H groups in total. The zero-order valence-electron chi connectivity index (χ0n) is 14.1. The maximum absolute atomic E-state index is 12.3. The summed E-state index contributed by atoms with van der Waals surface area (Å²) < 4.78 is 5.56. The van der Waals surface area contributed by atoms with Gasteiger partial charge >= 0.3 is 29.6 Å². The number of hydrogen-bond acceptors (Lipinski definition) is 5. The van der Waals surface area contributed by atoms with Crippen LogP contribution in [0.25, 0.3) is 10.1 Å². The van der Waals surface area contributed by atoms with Crippen LogP contribution in [-0.4, -0.2) is 22.8 Å². The number of nitrogens with one attached hydrogen (secondary N) is 1. The van der Waals surface area contributed by atoms with Gasteiger partial charge in [0.1, 0.15) is 0 Å². The van der Waals surface area contributed by atoms with Crippen molar-refractivity contribution < 1.29 is 44.3 Å². The Morgan fingerprint density at radius 1 is 1.21 bits per heavy atom. The van der Waals surface area contributed by atoms with E-state index in [-0.39, 0.29) is 47.3 Å². The molecule has 4 atom stereocenters. The summed E-state index contributed by atoms with van der Waals surface area (Å²) in [7, 11) is 0. The standard InChI is InChI=1S/C17H20N2O3S.Na/c1-9-10(2)15(17(21)22)14(9)16(20)18-8-7-12-11-5-3-4-6-13(11)23-19-12;/h3-6,9-10,14-15H,7-8H2,1-2H3,(H,18,20)(H,21,22);/q;+1/p-1/t9?,10?,14-,15+;/m0./s1. The molecule has 1 aromatic heterocycles. The number of carboxylic acids is 1. The summed E-state index contributed by atoms with van der Waals surface area (Å²) in [6.45, 7) is 4.24. The Morgan fingerprint density at radius 3 is 2.58 bits per heavy atom. The fourth-order valence-corrected chi connectivity index (χ4v) is 4.29. The molecule has 1 amide bonds. The van der Waals surface area contributed by atoms with E-state index in [1.807, 2.05) is 38.1 Å². The van der Waals surface area contributed by atoms with Crippen molar-refractivity contribution >= 4 is 33.5 Å². The summed E-state index contributed by atoms with van der Waals surface area (Å²) in [6, 6.07) is 8.00. The normalized spacial score (nSPS) is 25.6. The van der Waals surface area contributed by atoms with Crippen LogP contribution in [0, 0.1) is 23.7 Å². The Morgan fingerprint density at radius 2 is 1.88 bits per heavy atom. The number of hydrogen-bond donors (Lipinski definition) is 1. The second kappa shape index (κ2) is 7.95. The van der Waals surface area contributed by atoms with Crippen molar-refractivity contribution in [2.24, 2.45) is 23.7 Å². The van der Waals surface area contributed by atoms with Crippen molar-refractivity contribution in [1.29, 1.82) is 0 Å². The number of aliphatic carboxylic acids is 1. The summed E-state index contributed by atoms with van der Waals surface area (Å²) in [5.41, 5.74) is 0.970. The summed E-state index contributed by atoms with van der Waals surface area (Å²) in [4.78, 5) is 23.4. The van der Waals surface area contributed by atoms with Crippen LogP contribution in [0.5, 0.6) is 0 Å². The van der Waals surface area contributed by atoms with E-state index in [1.165, 1.54) is 11.5 Å². The number of nitrogens with zero attached hydrogens (tertiary/aromatic N) is 1. The molecule has 24 heavy (non-hydrogen) atoms. The molecule has 2 aromatic rings. The minimum atomic E-state index is -1.12. The van der Waals surface area contributed by atoms with E-state index < -0.39 is 17.8 Å². The third-order valence-corrected chi connectivity index (χ3v) is 5.90. The average molecular weight is 354 g/mol. The van der Waals surface area contributed by atoms with E-state index in [2.05, 4.69) is 9.69 Å². The van der Waals surface area contributed by atoms with E-state index in [0.717, 1.165) is 15.8 Å². The molecule has 0 radical (unpaired) electrons. The van der Waals surface area contributed by atoms with Gasteiger partial charge in [-0.3, -0.25) is 4.79 Å². The molecule has 1 aromatic carbocycles. The Kier molecular flexibility index (Phi) is 6.42. The first-order valence-corrected chi connectivity index (χ1v) is 8.60. The predicted octanol–water partition coefficient (Wildman–Crippen LogP) is -1.77. The van der Waals surface area contributed by atoms with Crippen LogP contribution in [0.15, 0.2) is 24.3 Å². The Balaban J connectivity index is 0.00000208. The van der Waals surface area contributed by atoms with Crippen LogP contribution in [0.3, 0.4) is 0 Å². The molecule has 1 aliphatic rings. The van der Waals surface area contributed by atoms with Gasteiger partial charge in [0, 0.05) is 36.2 Å². The van der Waals surface area contributed by atoms with E-state index in [9.17, 15) is 14.7 Å². The molecule has 2 unspecified atom stereocenters. The fourth-order valence-electron chi connectivity index (χ4n) is 3.47. The van der Waals surface area contributed by atoms with Gasteiger partial charge in [-0.05, 0) is 29.4 Å². The minimum absolute atomic E-state index is 0. The second-order valence-electron chi connectivity index (χ2n) is 6.26. The van der Waals surface area contributed by atoms with Crippen LogP contribution in [0.4, 0.5) is 0 Å². The maximum atomic E-state index is 12.3. The smallest absolute Gasteiger partial charge is 0.550 e. The van der Waals surface area contributed by atoms with E-state index in [0.29, 0.717) is 13.0 Å². The van der Waals surface area contributed by atoms with Gasteiger partial charge in [-0.1, -0.05) is 32.0 Å². The van der Waals surface area contributed by atoms with Gasteiger partial charge in [-0.25, -0.2) is 0 Å². The number of aromatic nitrogens is 1. The topological polar surface area (TPSA) is 82.1 Å². The fraction of sp³-hybridized carbons (Fsp3) is 0.471. The maximum Gasteiger partial charge on any atom is 1.00 e. The van der Waals surface area contributed by atoms with Gasteiger partial charge in [0.15, 0.2) is 0 Å². The molecule has 0 saturated heterocycles. The van der Waals surface area contributed by atoms with E-state index in [1.54, 1.807) is 0 Å². The van der Waals surface area contributed by atoms with Gasteiger partial charge in [-0.2, -0.15) is 4.37 Å². The molecule has 3 rings (SSSR count). The first-order chi connectivity index (χ1) is 11.0. The van der Waals surface area contributed by atoms with E-state index >= 15 is 0 Å². The predicted molar refractivity (Wildman–Crippen MR) is 86.6 cm³/mol. The molecule has 1 heterocycles. The minimum Gasteiger partial charge on any atom is -0.550 e. The molecule has 1 aliphatic carbocycles. The second-order valence-corrected chi connectivity index (χ2v) is 7.06. The van der Waals surface area contributed by atoms with Crippen LogP contribution in [0.1, 0.15) is 19.5 Å². The molecule has 7 heteroatoms. The van der Waals surface area contributed by atoms with Gasteiger partial charge < -0.3 is 15.2 Å². The SMILES string of the molecule is CC1C(C)[C@H](C(=O)NCCc2nsc3ccccc23)[C@@H]1C(=O)[O-].[Na+]. The van der Waals surface area contributed by atoms with Crippen LogP contribution in [0.2, 0.25) is 0 Å². The third-order valence-electron chi connectivity index (χ3n) is 5.04. The van der Waals surface area contributed by atoms with Crippen molar-refractivity contribution in [2.75, 3.05) is 6.54 Å². The summed E-state index contributed by atoms with van der Waals surface area (Å²) in [5.74, 6) is -2.42. The Bertz CT molecular complexity index is 748. The number of amides is 1. The summed E-state index contributed by atoms with van der Waals surface area (Å²) >= 11 is 1.45. The monoisotopic (exact) mass is 354 g/mol. The molecule has 0 aliphatic heterocycles. The Hall–Kier alpha value is -0.950.